The van der Waals surface area contributed by atoms with Gasteiger partial charge in [-0.1, -0.05) is 18.2 Å². The molecule has 0 spiro atoms. The van der Waals surface area contributed by atoms with Crippen molar-refractivity contribution in [1.29, 1.82) is 0 Å². The van der Waals surface area contributed by atoms with Gasteiger partial charge in [-0.15, -0.1) is 0 Å². The normalized spacial score (nSPS) is 33.4. The summed E-state index contributed by atoms with van der Waals surface area (Å²) in [7, 11) is 1.75. The fraction of sp³-hybridized carbons (Fsp3) is 0.739. The summed E-state index contributed by atoms with van der Waals surface area (Å²) >= 11 is 0. The van der Waals surface area contributed by atoms with Crippen molar-refractivity contribution in [2.75, 3.05) is 26.7 Å². The van der Waals surface area contributed by atoms with Crippen molar-refractivity contribution in [3.63, 3.8) is 0 Å². The lowest BCUT2D eigenvalue weighted by molar-refractivity contribution is -0.0702. The highest BCUT2D eigenvalue weighted by Crippen LogP contribution is 2.61. The van der Waals surface area contributed by atoms with Gasteiger partial charge in [-0.2, -0.15) is 0 Å². The monoisotopic (exact) mass is 356 g/mol. The van der Waals surface area contributed by atoms with Crippen molar-refractivity contribution in [2.45, 2.75) is 57.9 Å². The van der Waals surface area contributed by atoms with Crippen molar-refractivity contribution in [3.8, 4) is 5.75 Å². The molecule has 2 N–H and O–H groups in total. The maximum atomic E-state index is 5.43. The Morgan fingerprint density at radius 3 is 2.31 bits per heavy atom. The second-order valence-electron chi connectivity index (χ2n) is 9.27. The van der Waals surface area contributed by atoms with Crippen molar-refractivity contribution < 1.29 is 4.74 Å². The number of methoxy groups -OCH3 is 1. The van der Waals surface area contributed by atoms with Gasteiger partial charge in [-0.05, 0) is 93.2 Å². The molecule has 1 aromatic rings. The van der Waals surface area contributed by atoms with Crippen LogP contribution in [0.5, 0.6) is 5.75 Å². The fourth-order valence-electron chi connectivity index (χ4n) is 6.56. The number of nitrogens with one attached hydrogen (secondary N) is 2. The molecule has 0 aliphatic heterocycles. The maximum Gasteiger partial charge on any atom is 0.122 e. The summed E-state index contributed by atoms with van der Waals surface area (Å²) in [6, 6.07) is 9.00. The van der Waals surface area contributed by atoms with Crippen LogP contribution in [0.4, 0.5) is 0 Å². The zero-order chi connectivity index (χ0) is 18.0. The first-order chi connectivity index (χ1) is 12.7. The lowest BCUT2D eigenvalue weighted by Crippen LogP contribution is -2.55. The van der Waals surface area contributed by atoms with E-state index in [9.17, 15) is 0 Å². The Kier molecular flexibility index (Phi) is 5.56. The first kappa shape index (κ1) is 18.3. The van der Waals surface area contributed by atoms with E-state index in [0.717, 1.165) is 49.6 Å². The number of hydrogen-bond donors (Lipinski definition) is 2. The van der Waals surface area contributed by atoms with Crippen molar-refractivity contribution in [3.05, 3.63) is 29.8 Å². The first-order valence-corrected chi connectivity index (χ1v) is 10.7. The third kappa shape index (κ3) is 3.80. The van der Waals surface area contributed by atoms with Crippen molar-refractivity contribution in [2.24, 2.45) is 23.2 Å². The van der Waals surface area contributed by atoms with E-state index in [-0.39, 0.29) is 0 Å². The summed E-state index contributed by atoms with van der Waals surface area (Å²) in [5.74, 6) is 4.14. The van der Waals surface area contributed by atoms with Gasteiger partial charge in [0.05, 0.1) is 7.11 Å². The van der Waals surface area contributed by atoms with E-state index in [1.807, 2.05) is 12.1 Å². The highest BCUT2D eigenvalue weighted by Gasteiger charge is 2.52. The molecule has 4 saturated carbocycles. The topological polar surface area (TPSA) is 33.3 Å². The fourth-order valence-corrected chi connectivity index (χ4v) is 6.56. The molecule has 1 atom stereocenters. The van der Waals surface area contributed by atoms with Crippen LogP contribution >= 0.6 is 0 Å². The standard InChI is InChI=1S/C23H36N2O/c1-17(23-14-18-11-19(15-23)13-20(12-18)16-23)25-10-9-24-8-7-21-5-3-4-6-22(21)26-2/h3-6,17-20,24-25H,7-16H2,1-2H3. The van der Waals surface area contributed by atoms with Gasteiger partial charge in [0.2, 0.25) is 0 Å². The Hall–Kier alpha value is -1.06. The molecule has 3 nitrogen and oxygen atoms in total. The highest BCUT2D eigenvalue weighted by atomic mass is 16.5. The van der Waals surface area contributed by atoms with Crippen LogP contribution in [-0.4, -0.2) is 32.8 Å². The Labute approximate surface area is 159 Å². The molecule has 1 aromatic carbocycles. The van der Waals surface area contributed by atoms with Crippen molar-refractivity contribution in [1.82, 2.24) is 10.6 Å². The molecule has 3 heteroatoms. The van der Waals surface area contributed by atoms with Gasteiger partial charge >= 0.3 is 0 Å². The van der Waals surface area contributed by atoms with Crippen LogP contribution in [0.1, 0.15) is 51.0 Å². The Balaban J connectivity index is 1.17. The summed E-state index contributed by atoms with van der Waals surface area (Å²) in [5.41, 5.74) is 1.91. The van der Waals surface area contributed by atoms with Crippen LogP contribution in [0.15, 0.2) is 24.3 Å². The van der Waals surface area contributed by atoms with Gasteiger partial charge < -0.3 is 15.4 Å². The van der Waals surface area contributed by atoms with Crippen molar-refractivity contribution >= 4 is 0 Å². The first-order valence-electron chi connectivity index (χ1n) is 10.7. The number of benzene rings is 1. The zero-order valence-electron chi connectivity index (χ0n) is 16.6. The Morgan fingerprint density at radius 2 is 1.65 bits per heavy atom. The van der Waals surface area contributed by atoms with E-state index in [4.69, 9.17) is 4.74 Å². The van der Waals surface area contributed by atoms with Gasteiger partial charge in [0.15, 0.2) is 0 Å². The quantitative estimate of drug-likeness (QED) is 0.656. The number of para-hydroxylation sites is 1. The third-order valence-electron chi connectivity index (χ3n) is 7.52. The predicted octanol–water partition coefficient (Wildman–Crippen LogP) is 4.02. The smallest absolute Gasteiger partial charge is 0.122 e. The van der Waals surface area contributed by atoms with E-state index in [1.54, 1.807) is 7.11 Å². The summed E-state index contributed by atoms with van der Waals surface area (Å²) in [6.45, 7) is 5.59. The van der Waals surface area contributed by atoms with E-state index >= 15 is 0 Å². The maximum absolute atomic E-state index is 5.43. The second kappa shape index (κ2) is 7.90. The summed E-state index contributed by atoms with van der Waals surface area (Å²) in [5, 5.41) is 7.47. The van der Waals surface area contributed by atoms with E-state index in [0.29, 0.717) is 11.5 Å². The molecule has 0 aromatic heterocycles. The molecular weight excluding hydrogens is 320 g/mol. The van der Waals surface area contributed by atoms with E-state index < -0.39 is 0 Å². The minimum Gasteiger partial charge on any atom is -0.496 e. The minimum absolute atomic E-state index is 0.617. The van der Waals surface area contributed by atoms with Crippen LogP contribution in [0.25, 0.3) is 0 Å². The second-order valence-corrected chi connectivity index (χ2v) is 9.27. The average molecular weight is 357 g/mol. The molecule has 0 saturated heterocycles. The van der Waals surface area contributed by atoms with Gasteiger partial charge in [-0.3, -0.25) is 0 Å². The predicted molar refractivity (Wildman–Crippen MR) is 108 cm³/mol. The number of rotatable bonds is 9. The summed E-state index contributed by atoms with van der Waals surface area (Å²) in [4.78, 5) is 0. The largest absolute Gasteiger partial charge is 0.496 e. The Morgan fingerprint density at radius 1 is 1.00 bits per heavy atom. The third-order valence-corrected chi connectivity index (χ3v) is 7.52. The van der Waals surface area contributed by atoms with Gasteiger partial charge in [0.25, 0.3) is 0 Å². The minimum atomic E-state index is 0.617. The SMILES string of the molecule is COc1ccccc1CCNCCNC(C)C12CC3CC(CC(C3)C1)C2. The molecular formula is C23H36N2O. The zero-order valence-corrected chi connectivity index (χ0v) is 16.6. The van der Waals surface area contributed by atoms with Crippen LogP contribution < -0.4 is 15.4 Å². The molecule has 4 aliphatic carbocycles. The molecule has 4 aliphatic rings. The lowest BCUT2D eigenvalue weighted by atomic mass is 9.48. The van der Waals surface area contributed by atoms with Crippen LogP contribution in [0.3, 0.4) is 0 Å². The van der Waals surface area contributed by atoms with Gasteiger partial charge in [-0.25, -0.2) is 0 Å². The molecule has 0 amide bonds. The van der Waals surface area contributed by atoms with Crippen LogP contribution in [0.2, 0.25) is 0 Å². The van der Waals surface area contributed by atoms with E-state index in [2.05, 4.69) is 29.7 Å². The average Bonchev–Trinajstić information content (AvgIpc) is 2.63. The molecule has 144 valence electrons. The summed E-state index contributed by atoms with van der Waals surface area (Å²) in [6.07, 6.45) is 10.1. The lowest BCUT2D eigenvalue weighted by Gasteiger charge is -2.59. The molecule has 0 heterocycles. The molecule has 0 radical (unpaired) electrons. The van der Waals surface area contributed by atoms with E-state index in [1.165, 1.54) is 44.1 Å². The highest BCUT2D eigenvalue weighted by molar-refractivity contribution is 5.33. The molecule has 4 bridgehead atoms. The van der Waals surface area contributed by atoms with Gasteiger partial charge in [0.1, 0.15) is 5.75 Å². The Bertz CT molecular complexity index is 564. The number of hydrogen-bond acceptors (Lipinski definition) is 3. The molecule has 26 heavy (non-hydrogen) atoms. The van der Waals surface area contributed by atoms with Crippen LogP contribution in [0, 0.1) is 23.2 Å². The molecule has 1 unspecified atom stereocenters. The molecule has 4 fully saturated rings. The van der Waals surface area contributed by atoms with Crippen LogP contribution in [-0.2, 0) is 6.42 Å². The molecule has 5 rings (SSSR count). The van der Waals surface area contributed by atoms with Gasteiger partial charge in [0, 0.05) is 19.1 Å². The number of ether oxygens (including phenoxy) is 1. The summed E-state index contributed by atoms with van der Waals surface area (Å²) < 4.78 is 5.43.